The molecular weight excluding hydrogens is 337 g/mol. The van der Waals surface area contributed by atoms with Crippen molar-refractivity contribution in [2.24, 2.45) is 0 Å². The summed E-state index contributed by atoms with van der Waals surface area (Å²) in [5.41, 5.74) is 1.72. The molecule has 5 heteroatoms. The number of rotatable bonds is 4. The Morgan fingerprint density at radius 1 is 1.16 bits per heavy atom. The first-order chi connectivity index (χ1) is 12.2. The van der Waals surface area contributed by atoms with Crippen LogP contribution in [-0.4, -0.2) is 11.2 Å². The van der Waals surface area contributed by atoms with Crippen molar-refractivity contribution < 1.29 is 13.6 Å². The number of hydrogen-bond donors (Lipinski definition) is 0. The first-order valence-corrected chi connectivity index (χ1v) is 8.92. The van der Waals surface area contributed by atoms with Gasteiger partial charge in [-0.15, -0.1) is 11.8 Å². The minimum Gasteiger partial charge on any atom is -0.467 e. The van der Waals surface area contributed by atoms with Gasteiger partial charge in [0.2, 0.25) is 5.91 Å². The molecule has 3 aromatic rings. The van der Waals surface area contributed by atoms with Crippen LogP contribution in [0, 0.1) is 5.82 Å². The number of halogens is 1. The lowest BCUT2D eigenvalue weighted by molar-refractivity contribution is -0.118. The summed E-state index contributed by atoms with van der Waals surface area (Å²) in [7, 11) is 0. The number of thioether (sulfide) groups is 1. The van der Waals surface area contributed by atoms with E-state index in [2.05, 4.69) is 6.07 Å². The van der Waals surface area contributed by atoms with E-state index in [9.17, 15) is 9.18 Å². The lowest BCUT2D eigenvalue weighted by Gasteiger charge is -2.24. The fourth-order valence-electron chi connectivity index (χ4n) is 2.99. The maximum absolute atomic E-state index is 13.7. The minimum absolute atomic E-state index is 0.0387. The Balaban J connectivity index is 1.63. The molecule has 0 spiro atoms. The second-order valence-electron chi connectivity index (χ2n) is 5.90. The summed E-state index contributed by atoms with van der Waals surface area (Å²) in [5.74, 6) is 0.262. The smallest absolute Gasteiger partial charge is 0.241 e. The SMILES string of the molecule is O=C(C1Cc2ccccc2S1)N(Cc1ccco1)c1cccc(F)c1. The van der Waals surface area contributed by atoms with Crippen LogP contribution < -0.4 is 4.90 Å². The first kappa shape index (κ1) is 16.0. The molecule has 0 radical (unpaired) electrons. The van der Waals surface area contributed by atoms with Gasteiger partial charge in [-0.25, -0.2) is 4.39 Å². The van der Waals surface area contributed by atoms with E-state index in [0.717, 1.165) is 4.90 Å². The normalized spacial score (nSPS) is 15.8. The van der Waals surface area contributed by atoms with E-state index in [1.165, 1.54) is 17.7 Å². The summed E-state index contributed by atoms with van der Waals surface area (Å²) in [5, 5.41) is -0.212. The van der Waals surface area contributed by atoms with E-state index in [0.29, 0.717) is 17.9 Å². The van der Waals surface area contributed by atoms with Gasteiger partial charge in [0.25, 0.3) is 0 Å². The van der Waals surface area contributed by atoms with Gasteiger partial charge in [-0.05, 0) is 48.4 Å². The number of amides is 1. The molecule has 4 rings (SSSR count). The summed E-state index contributed by atoms with van der Waals surface area (Å²) in [6.07, 6.45) is 2.26. The molecular formula is C20H16FNO2S. The number of carbonyl (C=O) groups is 1. The largest absolute Gasteiger partial charge is 0.467 e. The lowest BCUT2D eigenvalue weighted by Crippen LogP contribution is -2.37. The van der Waals surface area contributed by atoms with Crippen LogP contribution >= 0.6 is 11.8 Å². The topological polar surface area (TPSA) is 33.5 Å². The van der Waals surface area contributed by atoms with Crippen LogP contribution in [0.2, 0.25) is 0 Å². The van der Waals surface area contributed by atoms with E-state index in [1.54, 1.807) is 41.1 Å². The zero-order valence-electron chi connectivity index (χ0n) is 13.4. The van der Waals surface area contributed by atoms with Crippen LogP contribution in [0.15, 0.2) is 76.2 Å². The molecule has 0 N–H and O–H groups in total. The van der Waals surface area contributed by atoms with Gasteiger partial charge in [0, 0.05) is 10.6 Å². The average Bonchev–Trinajstić information content (AvgIpc) is 3.28. The van der Waals surface area contributed by atoms with Crippen molar-refractivity contribution >= 4 is 23.4 Å². The Bertz CT molecular complexity index is 869. The third kappa shape index (κ3) is 3.33. The van der Waals surface area contributed by atoms with Gasteiger partial charge in [-0.3, -0.25) is 4.79 Å². The molecule has 0 aliphatic carbocycles. The van der Waals surface area contributed by atoms with E-state index >= 15 is 0 Å². The van der Waals surface area contributed by atoms with Crippen LogP contribution in [0.4, 0.5) is 10.1 Å². The van der Waals surface area contributed by atoms with Crippen molar-refractivity contribution in [2.45, 2.75) is 23.1 Å². The fourth-order valence-corrected chi connectivity index (χ4v) is 4.25. The number of anilines is 1. The summed E-state index contributed by atoms with van der Waals surface area (Å²) in [6.45, 7) is 0.280. The van der Waals surface area contributed by atoms with Gasteiger partial charge in [0.15, 0.2) is 0 Å². The third-order valence-corrected chi connectivity index (χ3v) is 5.51. The van der Waals surface area contributed by atoms with E-state index in [-0.39, 0.29) is 23.5 Å². The number of hydrogen-bond acceptors (Lipinski definition) is 3. The van der Waals surface area contributed by atoms with Gasteiger partial charge in [0.05, 0.1) is 18.1 Å². The molecule has 1 aliphatic heterocycles. The highest BCUT2D eigenvalue weighted by molar-refractivity contribution is 8.01. The standard InChI is InChI=1S/C20H16FNO2S/c21-15-6-3-7-16(12-15)22(13-17-8-4-10-24-17)20(23)19-11-14-5-1-2-9-18(14)25-19/h1-10,12,19H,11,13H2. The van der Waals surface area contributed by atoms with Gasteiger partial charge < -0.3 is 9.32 Å². The van der Waals surface area contributed by atoms with Gasteiger partial charge >= 0.3 is 0 Å². The van der Waals surface area contributed by atoms with Crippen LogP contribution in [0.3, 0.4) is 0 Å². The lowest BCUT2D eigenvalue weighted by atomic mass is 10.1. The molecule has 3 nitrogen and oxygen atoms in total. The van der Waals surface area contributed by atoms with E-state index in [1.807, 2.05) is 24.3 Å². The molecule has 0 fully saturated rings. The van der Waals surface area contributed by atoms with Crippen molar-refractivity contribution in [1.29, 1.82) is 0 Å². The van der Waals surface area contributed by atoms with Crippen LogP contribution in [0.5, 0.6) is 0 Å². The highest BCUT2D eigenvalue weighted by Crippen LogP contribution is 2.38. The highest BCUT2D eigenvalue weighted by atomic mass is 32.2. The molecule has 1 unspecified atom stereocenters. The Kier molecular flexibility index (Phi) is 4.32. The molecule has 0 bridgehead atoms. The summed E-state index contributed by atoms with van der Waals surface area (Å²) in [4.78, 5) is 15.9. The molecule has 2 heterocycles. The number of benzene rings is 2. The molecule has 2 aromatic carbocycles. The second kappa shape index (κ2) is 6.76. The van der Waals surface area contributed by atoms with Crippen molar-refractivity contribution in [2.75, 3.05) is 4.90 Å². The Morgan fingerprint density at radius 3 is 2.80 bits per heavy atom. The van der Waals surface area contributed by atoms with Crippen molar-refractivity contribution in [3.8, 4) is 0 Å². The minimum atomic E-state index is -0.364. The average molecular weight is 353 g/mol. The fraction of sp³-hybridized carbons (Fsp3) is 0.150. The summed E-state index contributed by atoms with van der Waals surface area (Å²) >= 11 is 1.57. The van der Waals surface area contributed by atoms with Crippen LogP contribution in [0.1, 0.15) is 11.3 Å². The predicted octanol–water partition coefficient (Wildman–Crippen LogP) is 4.67. The molecule has 1 atom stereocenters. The Labute approximate surface area is 149 Å². The Hall–Kier alpha value is -2.53. The molecule has 1 aliphatic rings. The molecule has 126 valence electrons. The molecule has 1 aromatic heterocycles. The van der Waals surface area contributed by atoms with Gasteiger partial charge in [-0.1, -0.05) is 24.3 Å². The number of furan rings is 1. The molecule has 25 heavy (non-hydrogen) atoms. The second-order valence-corrected chi connectivity index (χ2v) is 7.15. The molecule has 0 saturated heterocycles. The van der Waals surface area contributed by atoms with Gasteiger partial charge in [0.1, 0.15) is 11.6 Å². The number of fused-ring (bicyclic) bond motifs is 1. The Morgan fingerprint density at radius 2 is 2.04 bits per heavy atom. The summed E-state index contributed by atoms with van der Waals surface area (Å²) in [6, 6.07) is 17.8. The predicted molar refractivity (Wildman–Crippen MR) is 96.1 cm³/mol. The summed E-state index contributed by atoms with van der Waals surface area (Å²) < 4.78 is 19.1. The first-order valence-electron chi connectivity index (χ1n) is 8.04. The van der Waals surface area contributed by atoms with E-state index in [4.69, 9.17) is 4.42 Å². The maximum atomic E-state index is 13.7. The van der Waals surface area contributed by atoms with E-state index < -0.39 is 0 Å². The van der Waals surface area contributed by atoms with Gasteiger partial charge in [-0.2, -0.15) is 0 Å². The highest BCUT2D eigenvalue weighted by Gasteiger charge is 2.32. The maximum Gasteiger partial charge on any atom is 0.241 e. The zero-order valence-corrected chi connectivity index (χ0v) is 14.2. The number of carbonyl (C=O) groups excluding carboxylic acids is 1. The van der Waals surface area contributed by atoms with Crippen molar-refractivity contribution in [3.63, 3.8) is 0 Å². The van der Waals surface area contributed by atoms with Crippen molar-refractivity contribution in [1.82, 2.24) is 0 Å². The zero-order chi connectivity index (χ0) is 17.2. The molecule has 1 amide bonds. The van der Waals surface area contributed by atoms with Crippen molar-refractivity contribution in [3.05, 3.63) is 84.1 Å². The number of nitrogens with zero attached hydrogens (tertiary/aromatic N) is 1. The van der Waals surface area contributed by atoms with Crippen LogP contribution in [0.25, 0.3) is 0 Å². The quantitative estimate of drug-likeness (QED) is 0.683. The van der Waals surface area contributed by atoms with Crippen LogP contribution in [-0.2, 0) is 17.8 Å². The molecule has 0 saturated carbocycles. The third-order valence-electron chi connectivity index (χ3n) is 4.20. The monoisotopic (exact) mass is 353 g/mol.